The van der Waals surface area contributed by atoms with E-state index in [2.05, 4.69) is 20.0 Å². The van der Waals surface area contributed by atoms with E-state index in [1.807, 2.05) is 19.3 Å². The van der Waals surface area contributed by atoms with Crippen molar-refractivity contribution in [3.63, 3.8) is 0 Å². The van der Waals surface area contributed by atoms with Gasteiger partial charge in [0.05, 0.1) is 12.6 Å². The fourth-order valence-corrected chi connectivity index (χ4v) is 2.55. The van der Waals surface area contributed by atoms with Gasteiger partial charge in [-0.2, -0.15) is 5.10 Å². The maximum Gasteiger partial charge on any atom is 0.266 e. The summed E-state index contributed by atoms with van der Waals surface area (Å²) in [5, 5.41) is 4.12. The summed E-state index contributed by atoms with van der Waals surface area (Å²) in [7, 11) is 0. The lowest BCUT2D eigenvalue weighted by atomic mass is 10.2. The summed E-state index contributed by atoms with van der Waals surface area (Å²) in [5.41, 5.74) is 0.981. The van der Waals surface area contributed by atoms with Gasteiger partial charge in [-0.3, -0.25) is 4.79 Å². The molecule has 2 aromatic rings. The van der Waals surface area contributed by atoms with Crippen LogP contribution in [0.5, 0.6) is 0 Å². The highest BCUT2D eigenvalue weighted by Crippen LogP contribution is 2.22. The first kappa shape index (κ1) is 12.8. The molecule has 1 saturated heterocycles. The summed E-state index contributed by atoms with van der Waals surface area (Å²) < 4.78 is 1.51. The van der Waals surface area contributed by atoms with Gasteiger partial charge in [-0.1, -0.05) is 0 Å². The molecule has 20 heavy (non-hydrogen) atoms. The molecular formula is C14H17N5O. The number of hydrogen-bond acceptors (Lipinski definition) is 5. The summed E-state index contributed by atoms with van der Waals surface area (Å²) in [6, 6.07) is 3.42. The molecule has 0 radical (unpaired) electrons. The van der Waals surface area contributed by atoms with Crippen molar-refractivity contribution in [3.05, 3.63) is 46.6 Å². The maximum atomic E-state index is 11.7. The van der Waals surface area contributed by atoms with Gasteiger partial charge in [-0.25, -0.2) is 14.6 Å². The van der Waals surface area contributed by atoms with Crippen LogP contribution >= 0.6 is 0 Å². The SMILES string of the molecule is Cc1cnc(N2CCCC2Cn2ncccc2=O)nc1. The fraction of sp³-hybridized carbons (Fsp3) is 0.429. The van der Waals surface area contributed by atoms with Crippen LogP contribution in [0.1, 0.15) is 18.4 Å². The first-order valence-corrected chi connectivity index (χ1v) is 6.81. The Balaban J connectivity index is 1.81. The molecule has 1 fully saturated rings. The van der Waals surface area contributed by atoms with Crippen molar-refractivity contribution in [2.45, 2.75) is 32.4 Å². The molecule has 6 nitrogen and oxygen atoms in total. The predicted molar refractivity (Wildman–Crippen MR) is 75.6 cm³/mol. The number of nitrogens with zero attached hydrogens (tertiary/aromatic N) is 5. The Kier molecular flexibility index (Phi) is 3.45. The van der Waals surface area contributed by atoms with Crippen LogP contribution in [-0.4, -0.2) is 32.3 Å². The van der Waals surface area contributed by atoms with Gasteiger partial charge in [0.15, 0.2) is 0 Å². The second-order valence-electron chi connectivity index (χ2n) is 5.09. The summed E-state index contributed by atoms with van der Waals surface area (Å²) >= 11 is 0. The van der Waals surface area contributed by atoms with Crippen molar-refractivity contribution in [1.82, 2.24) is 19.7 Å². The molecule has 0 saturated carbocycles. The molecule has 0 bridgehead atoms. The number of hydrogen-bond donors (Lipinski definition) is 0. The monoisotopic (exact) mass is 271 g/mol. The van der Waals surface area contributed by atoms with Gasteiger partial charge in [-0.15, -0.1) is 0 Å². The van der Waals surface area contributed by atoms with Crippen LogP contribution in [0.4, 0.5) is 5.95 Å². The van der Waals surface area contributed by atoms with E-state index in [9.17, 15) is 4.79 Å². The molecule has 3 heterocycles. The Morgan fingerprint density at radius 2 is 2.15 bits per heavy atom. The number of aromatic nitrogens is 4. The van der Waals surface area contributed by atoms with E-state index < -0.39 is 0 Å². The van der Waals surface area contributed by atoms with E-state index in [4.69, 9.17) is 0 Å². The van der Waals surface area contributed by atoms with Crippen LogP contribution in [-0.2, 0) is 6.54 Å². The molecule has 0 aliphatic carbocycles. The zero-order chi connectivity index (χ0) is 13.9. The lowest BCUT2D eigenvalue weighted by molar-refractivity contribution is 0.485. The summed E-state index contributed by atoms with van der Waals surface area (Å²) in [4.78, 5) is 22.7. The van der Waals surface area contributed by atoms with Gasteiger partial charge >= 0.3 is 0 Å². The fourth-order valence-electron chi connectivity index (χ4n) is 2.55. The van der Waals surface area contributed by atoms with E-state index >= 15 is 0 Å². The van der Waals surface area contributed by atoms with Crippen molar-refractivity contribution >= 4 is 5.95 Å². The highest BCUT2D eigenvalue weighted by molar-refractivity contribution is 5.33. The Hall–Kier alpha value is -2.24. The molecule has 104 valence electrons. The lowest BCUT2D eigenvalue weighted by Gasteiger charge is -2.24. The van der Waals surface area contributed by atoms with Gasteiger partial charge < -0.3 is 4.90 Å². The zero-order valence-corrected chi connectivity index (χ0v) is 11.4. The molecule has 0 N–H and O–H groups in total. The minimum absolute atomic E-state index is 0.0656. The largest absolute Gasteiger partial charge is 0.336 e. The van der Waals surface area contributed by atoms with E-state index in [1.54, 1.807) is 12.3 Å². The third-order valence-corrected chi connectivity index (χ3v) is 3.57. The van der Waals surface area contributed by atoms with Gasteiger partial charge in [0.2, 0.25) is 5.95 Å². The molecule has 1 aliphatic rings. The maximum absolute atomic E-state index is 11.7. The Bertz CT molecular complexity index is 637. The molecule has 0 aromatic carbocycles. The number of rotatable bonds is 3. The third-order valence-electron chi connectivity index (χ3n) is 3.57. The Morgan fingerprint density at radius 1 is 1.35 bits per heavy atom. The third kappa shape index (κ3) is 2.54. The second kappa shape index (κ2) is 5.40. The zero-order valence-electron chi connectivity index (χ0n) is 11.4. The molecule has 1 atom stereocenters. The standard InChI is InChI=1S/C14H17N5O/c1-11-8-15-14(16-9-11)18-7-3-4-12(18)10-19-13(20)5-2-6-17-19/h2,5-6,8-9,12H,3-4,7,10H2,1H3. The van der Waals surface area contributed by atoms with Gasteiger partial charge in [0.25, 0.3) is 5.56 Å². The minimum atomic E-state index is -0.0656. The van der Waals surface area contributed by atoms with Crippen LogP contribution in [0.25, 0.3) is 0 Å². The molecule has 1 unspecified atom stereocenters. The Labute approximate surface area is 117 Å². The van der Waals surface area contributed by atoms with Crippen LogP contribution in [0.15, 0.2) is 35.5 Å². The molecule has 3 rings (SSSR count). The molecule has 0 amide bonds. The molecule has 1 aliphatic heterocycles. The van der Waals surface area contributed by atoms with Crippen molar-refractivity contribution in [1.29, 1.82) is 0 Å². The van der Waals surface area contributed by atoms with Crippen molar-refractivity contribution < 1.29 is 0 Å². The van der Waals surface area contributed by atoms with Gasteiger partial charge in [0.1, 0.15) is 0 Å². The highest BCUT2D eigenvalue weighted by atomic mass is 16.1. The molecular weight excluding hydrogens is 254 g/mol. The first-order chi connectivity index (χ1) is 9.74. The van der Waals surface area contributed by atoms with E-state index in [0.29, 0.717) is 6.54 Å². The highest BCUT2D eigenvalue weighted by Gasteiger charge is 2.27. The van der Waals surface area contributed by atoms with E-state index in [0.717, 1.165) is 30.9 Å². The van der Waals surface area contributed by atoms with E-state index in [-0.39, 0.29) is 11.6 Å². The number of anilines is 1. The average molecular weight is 271 g/mol. The smallest absolute Gasteiger partial charge is 0.266 e. The summed E-state index contributed by atoms with van der Waals surface area (Å²) in [6.45, 7) is 3.48. The van der Waals surface area contributed by atoms with E-state index in [1.165, 1.54) is 10.7 Å². The van der Waals surface area contributed by atoms with Crippen LogP contribution in [0.2, 0.25) is 0 Å². The number of aryl methyl sites for hydroxylation is 1. The van der Waals surface area contributed by atoms with Gasteiger partial charge in [-0.05, 0) is 31.4 Å². The van der Waals surface area contributed by atoms with Crippen molar-refractivity contribution in [3.8, 4) is 0 Å². The predicted octanol–water partition coefficient (Wildman–Crippen LogP) is 1.01. The van der Waals surface area contributed by atoms with Crippen molar-refractivity contribution in [2.75, 3.05) is 11.4 Å². The normalized spacial score (nSPS) is 18.4. The quantitative estimate of drug-likeness (QED) is 0.833. The van der Waals surface area contributed by atoms with Crippen LogP contribution in [0, 0.1) is 6.92 Å². The first-order valence-electron chi connectivity index (χ1n) is 6.81. The summed E-state index contributed by atoms with van der Waals surface area (Å²) in [5.74, 6) is 0.738. The topological polar surface area (TPSA) is 63.9 Å². The van der Waals surface area contributed by atoms with Crippen molar-refractivity contribution in [2.24, 2.45) is 0 Å². The second-order valence-corrected chi connectivity index (χ2v) is 5.09. The van der Waals surface area contributed by atoms with Gasteiger partial charge in [0, 0.05) is 31.2 Å². The average Bonchev–Trinajstić information content (AvgIpc) is 2.90. The van der Waals surface area contributed by atoms with Crippen LogP contribution in [0.3, 0.4) is 0 Å². The van der Waals surface area contributed by atoms with Crippen LogP contribution < -0.4 is 10.5 Å². The molecule has 2 aromatic heterocycles. The lowest BCUT2D eigenvalue weighted by Crippen LogP contribution is -2.37. The Morgan fingerprint density at radius 3 is 2.90 bits per heavy atom. The molecule has 6 heteroatoms. The summed E-state index contributed by atoms with van der Waals surface area (Å²) in [6.07, 6.45) is 7.40. The minimum Gasteiger partial charge on any atom is -0.336 e. The molecule has 0 spiro atoms.